The van der Waals surface area contributed by atoms with Crippen molar-refractivity contribution in [3.63, 3.8) is 0 Å². The quantitative estimate of drug-likeness (QED) is 0.194. The second kappa shape index (κ2) is 14.0. The van der Waals surface area contributed by atoms with Gasteiger partial charge in [0.15, 0.2) is 0 Å². The molecule has 2 aromatic carbocycles. The number of nitrogens with two attached hydrogens (primary N) is 1. The van der Waals surface area contributed by atoms with Crippen LogP contribution in [-0.2, 0) is 37.2 Å². The van der Waals surface area contributed by atoms with Crippen molar-refractivity contribution in [2.24, 2.45) is 10.7 Å². The van der Waals surface area contributed by atoms with E-state index in [-0.39, 0.29) is 30.1 Å². The first-order valence-corrected chi connectivity index (χ1v) is 14.5. The minimum atomic E-state index is -3.91. The highest BCUT2D eigenvalue weighted by Gasteiger charge is 2.38. The van der Waals surface area contributed by atoms with Gasteiger partial charge in [-0.2, -0.15) is 4.31 Å². The molecule has 0 aromatic heterocycles. The summed E-state index contributed by atoms with van der Waals surface area (Å²) in [5.74, 6) is -1.28. The average Bonchev–Trinajstić information content (AvgIpc) is 2.92. The summed E-state index contributed by atoms with van der Waals surface area (Å²) in [4.78, 5) is 41.6. The molecule has 39 heavy (non-hydrogen) atoms. The van der Waals surface area contributed by atoms with Crippen LogP contribution < -0.4 is 11.1 Å². The van der Waals surface area contributed by atoms with Gasteiger partial charge < -0.3 is 16.2 Å². The lowest BCUT2D eigenvalue weighted by atomic mass is 10.00. The molecule has 11 heteroatoms. The normalized spacial score (nSPS) is 17.4. The van der Waals surface area contributed by atoms with Crippen LogP contribution in [0.1, 0.15) is 50.2 Å². The van der Waals surface area contributed by atoms with Gasteiger partial charge in [-0.05, 0) is 49.4 Å². The first-order valence-electron chi connectivity index (χ1n) is 13.0. The molecule has 2 atom stereocenters. The fraction of sp³-hybridized carbons (Fsp3) is 0.429. The SMILES string of the molecule is CC(N)=NCCCC(=O)Cc1ccc(CC(NC(=O)C2CCCCN2S(=O)(=O)c2ccccc2)C(=O)O)cc1. The third-order valence-electron chi connectivity index (χ3n) is 6.56. The lowest BCUT2D eigenvalue weighted by Gasteiger charge is -2.34. The number of aliphatic imine (C=N–C) groups is 1. The second-order valence-electron chi connectivity index (χ2n) is 9.70. The van der Waals surface area contributed by atoms with Crippen LogP contribution in [0, 0.1) is 0 Å². The van der Waals surface area contributed by atoms with Gasteiger partial charge >= 0.3 is 5.97 Å². The third kappa shape index (κ3) is 8.72. The lowest BCUT2D eigenvalue weighted by molar-refractivity contribution is -0.142. The Morgan fingerprint density at radius 3 is 2.38 bits per heavy atom. The molecule has 2 aromatic rings. The maximum absolute atomic E-state index is 13.2. The van der Waals surface area contributed by atoms with E-state index in [4.69, 9.17) is 5.73 Å². The molecule has 0 saturated carbocycles. The molecule has 1 fully saturated rings. The summed E-state index contributed by atoms with van der Waals surface area (Å²) >= 11 is 0. The van der Waals surface area contributed by atoms with Gasteiger partial charge in [0.05, 0.1) is 10.7 Å². The Kier molecular flexibility index (Phi) is 10.8. The molecule has 10 nitrogen and oxygen atoms in total. The summed E-state index contributed by atoms with van der Waals surface area (Å²) in [5.41, 5.74) is 6.97. The number of nitrogens with zero attached hydrogens (tertiary/aromatic N) is 2. The Labute approximate surface area is 229 Å². The van der Waals surface area contributed by atoms with Crippen molar-refractivity contribution in [1.82, 2.24) is 9.62 Å². The van der Waals surface area contributed by atoms with E-state index >= 15 is 0 Å². The molecule has 0 spiro atoms. The number of carboxylic acid groups (broad SMARTS) is 1. The predicted octanol–water partition coefficient (Wildman–Crippen LogP) is 2.31. The van der Waals surface area contributed by atoms with Crippen molar-refractivity contribution in [3.8, 4) is 0 Å². The fourth-order valence-corrected chi connectivity index (χ4v) is 6.20. The molecular weight excluding hydrogens is 520 g/mol. The number of piperidine rings is 1. The molecule has 1 aliphatic rings. The molecule has 1 amide bonds. The zero-order valence-electron chi connectivity index (χ0n) is 22.1. The maximum Gasteiger partial charge on any atom is 0.326 e. The molecule has 2 unspecified atom stereocenters. The summed E-state index contributed by atoms with van der Waals surface area (Å²) < 4.78 is 27.6. The van der Waals surface area contributed by atoms with Gasteiger partial charge in [0.1, 0.15) is 17.9 Å². The minimum Gasteiger partial charge on any atom is -0.480 e. The van der Waals surface area contributed by atoms with E-state index < -0.39 is 34.0 Å². The third-order valence-corrected chi connectivity index (χ3v) is 8.48. The number of benzene rings is 2. The Bertz CT molecular complexity index is 1270. The Morgan fingerprint density at radius 1 is 1.08 bits per heavy atom. The smallest absolute Gasteiger partial charge is 0.326 e. The first-order chi connectivity index (χ1) is 18.6. The number of hydrogen-bond acceptors (Lipinski definition) is 6. The van der Waals surface area contributed by atoms with Crippen LogP contribution in [0.5, 0.6) is 0 Å². The molecule has 1 saturated heterocycles. The van der Waals surface area contributed by atoms with Crippen molar-refractivity contribution < 1.29 is 27.9 Å². The van der Waals surface area contributed by atoms with Gasteiger partial charge in [-0.25, -0.2) is 13.2 Å². The van der Waals surface area contributed by atoms with Gasteiger partial charge in [-0.15, -0.1) is 0 Å². The number of sulfonamides is 1. The van der Waals surface area contributed by atoms with Crippen molar-refractivity contribution >= 4 is 33.5 Å². The van der Waals surface area contributed by atoms with Crippen LogP contribution in [0.25, 0.3) is 0 Å². The average molecular weight is 557 g/mol. The summed E-state index contributed by atoms with van der Waals surface area (Å²) in [7, 11) is -3.91. The Morgan fingerprint density at radius 2 is 1.74 bits per heavy atom. The number of ketones is 1. The minimum absolute atomic E-state index is 0.0178. The number of rotatable bonds is 13. The molecule has 3 rings (SSSR count). The van der Waals surface area contributed by atoms with Crippen LogP contribution in [0.2, 0.25) is 0 Å². The lowest BCUT2D eigenvalue weighted by Crippen LogP contribution is -2.55. The van der Waals surface area contributed by atoms with E-state index in [1.807, 2.05) is 0 Å². The Hall–Kier alpha value is -3.57. The summed E-state index contributed by atoms with van der Waals surface area (Å²) in [5, 5.41) is 12.3. The molecule has 0 aliphatic carbocycles. The van der Waals surface area contributed by atoms with E-state index in [0.717, 1.165) is 5.56 Å². The first kappa shape index (κ1) is 30.0. The van der Waals surface area contributed by atoms with Gasteiger partial charge in [-0.1, -0.05) is 48.9 Å². The highest BCUT2D eigenvalue weighted by atomic mass is 32.2. The molecule has 0 radical (unpaired) electrons. The van der Waals surface area contributed by atoms with E-state index in [2.05, 4.69) is 10.3 Å². The number of carbonyl (C=O) groups is 3. The van der Waals surface area contributed by atoms with Gasteiger partial charge in [0, 0.05) is 32.4 Å². The summed E-state index contributed by atoms with van der Waals surface area (Å²) in [6.45, 7) is 2.39. The van der Waals surface area contributed by atoms with Gasteiger partial charge in [0.2, 0.25) is 15.9 Å². The standard InChI is InChI=1S/C28H36N4O6S/c1-20(29)30-16-7-8-23(33)18-21-12-14-22(15-13-21)19-25(28(35)36)31-27(34)26-11-5-6-17-32(26)39(37,38)24-9-3-2-4-10-24/h2-4,9-10,12-15,25-26H,5-8,11,16-19H2,1H3,(H2,29,30)(H,31,34)(H,35,36). The largest absolute Gasteiger partial charge is 0.480 e. The second-order valence-corrected chi connectivity index (χ2v) is 11.6. The van der Waals surface area contributed by atoms with Gasteiger partial charge in [-0.3, -0.25) is 14.6 Å². The van der Waals surface area contributed by atoms with Crippen molar-refractivity contribution in [2.75, 3.05) is 13.1 Å². The number of carbonyl (C=O) groups excluding carboxylic acids is 2. The molecular formula is C28H36N4O6S. The molecule has 4 N–H and O–H groups in total. The topological polar surface area (TPSA) is 159 Å². The van der Waals surface area contributed by atoms with E-state index in [1.165, 1.54) is 16.4 Å². The van der Waals surface area contributed by atoms with E-state index in [0.29, 0.717) is 50.0 Å². The predicted molar refractivity (Wildman–Crippen MR) is 148 cm³/mol. The molecule has 1 heterocycles. The van der Waals surface area contributed by atoms with Crippen LogP contribution in [0.4, 0.5) is 0 Å². The molecule has 1 aliphatic heterocycles. The number of amides is 1. The number of hydrogen-bond donors (Lipinski definition) is 3. The number of Topliss-reactive ketones (excluding diaryl/α,β-unsaturated/α-hetero) is 1. The highest BCUT2D eigenvalue weighted by molar-refractivity contribution is 7.89. The zero-order valence-corrected chi connectivity index (χ0v) is 22.9. The maximum atomic E-state index is 13.2. The molecule has 210 valence electrons. The van der Waals surface area contributed by atoms with Crippen LogP contribution >= 0.6 is 0 Å². The van der Waals surface area contributed by atoms with E-state index in [1.54, 1.807) is 49.4 Å². The van der Waals surface area contributed by atoms with Crippen LogP contribution in [-0.4, -0.2) is 66.5 Å². The summed E-state index contributed by atoms with van der Waals surface area (Å²) in [6, 6.07) is 12.7. The van der Waals surface area contributed by atoms with Crippen molar-refractivity contribution in [1.29, 1.82) is 0 Å². The number of carboxylic acids is 1. The van der Waals surface area contributed by atoms with E-state index in [9.17, 15) is 27.9 Å². The fourth-order valence-electron chi connectivity index (χ4n) is 4.53. The summed E-state index contributed by atoms with van der Waals surface area (Å²) in [6.07, 6.45) is 2.89. The van der Waals surface area contributed by atoms with Crippen molar-refractivity contribution in [3.05, 3.63) is 65.7 Å². The zero-order chi connectivity index (χ0) is 28.4. The number of aliphatic carboxylic acids is 1. The number of nitrogens with one attached hydrogen (secondary N) is 1. The monoisotopic (exact) mass is 556 g/mol. The highest BCUT2D eigenvalue weighted by Crippen LogP contribution is 2.25. The Balaban J connectivity index is 1.62. The van der Waals surface area contributed by atoms with Gasteiger partial charge in [0.25, 0.3) is 0 Å². The van der Waals surface area contributed by atoms with Crippen molar-refractivity contribution in [2.45, 2.75) is 68.8 Å². The van der Waals surface area contributed by atoms with Crippen LogP contribution in [0.3, 0.4) is 0 Å². The number of amidine groups is 1. The molecule has 0 bridgehead atoms. The van der Waals surface area contributed by atoms with Crippen LogP contribution in [0.15, 0.2) is 64.5 Å².